The molecule has 0 amide bonds. The molecule has 0 aromatic carbocycles. The lowest BCUT2D eigenvalue weighted by molar-refractivity contribution is -0.121. The summed E-state index contributed by atoms with van der Waals surface area (Å²) < 4.78 is 0. The second-order valence-electron chi connectivity index (χ2n) is 2.97. The highest BCUT2D eigenvalue weighted by Crippen LogP contribution is 2.26. The van der Waals surface area contributed by atoms with Gasteiger partial charge in [-0.25, -0.2) is 0 Å². The van der Waals surface area contributed by atoms with E-state index in [1.54, 1.807) is 0 Å². The Morgan fingerprint density at radius 2 is 2.45 bits per heavy atom. The molecule has 1 aliphatic carbocycles. The van der Waals surface area contributed by atoms with Crippen LogP contribution >= 0.6 is 0 Å². The fourth-order valence-corrected chi connectivity index (χ4v) is 1.41. The third-order valence-electron chi connectivity index (χ3n) is 2.12. The van der Waals surface area contributed by atoms with Crippen molar-refractivity contribution in [2.45, 2.75) is 25.7 Å². The molecule has 1 aliphatic rings. The number of ketones is 1. The number of nitriles is 1. The Hall–Kier alpha value is -1.10. The number of nitrogens with zero attached hydrogens (tertiary/aromatic N) is 1. The highest BCUT2D eigenvalue weighted by molar-refractivity contribution is 5.79. The summed E-state index contributed by atoms with van der Waals surface area (Å²) >= 11 is 0. The van der Waals surface area contributed by atoms with Crippen LogP contribution in [-0.2, 0) is 4.79 Å². The molecule has 0 aliphatic heterocycles. The molecule has 2 heteroatoms. The monoisotopic (exact) mass is 149 g/mol. The summed E-state index contributed by atoms with van der Waals surface area (Å²) in [5.41, 5.74) is 0.568. The normalized spacial score (nSPS) is 24.3. The molecule has 0 heterocycles. The van der Waals surface area contributed by atoms with E-state index in [1.165, 1.54) is 0 Å². The summed E-state index contributed by atoms with van der Waals surface area (Å²) in [4.78, 5) is 10.9. The minimum atomic E-state index is 0.140. The van der Waals surface area contributed by atoms with Gasteiger partial charge in [0.2, 0.25) is 0 Å². The quantitative estimate of drug-likeness (QED) is 0.533. The minimum absolute atomic E-state index is 0.140. The molecule has 0 saturated heterocycles. The van der Waals surface area contributed by atoms with E-state index in [0.717, 1.165) is 12.8 Å². The van der Waals surface area contributed by atoms with Gasteiger partial charge in [0.1, 0.15) is 5.78 Å². The number of hydrogen-bond acceptors (Lipinski definition) is 2. The van der Waals surface area contributed by atoms with Gasteiger partial charge >= 0.3 is 0 Å². The van der Waals surface area contributed by atoms with Crippen molar-refractivity contribution in [1.82, 2.24) is 0 Å². The van der Waals surface area contributed by atoms with Crippen molar-refractivity contribution in [3.8, 4) is 6.07 Å². The smallest absolute Gasteiger partial charge is 0.133 e. The number of rotatable bonds is 1. The molecule has 0 spiro atoms. The van der Waals surface area contributed by atoms with Gasteiger partial charge in [-0.15, -0.1) is 0 Å². The molecule has 1 rings (SSSR count). The zero-order chi connectivity index (χ0) is 8.27. The van der Waals surface area contributed by atoms with Crippen molar-refractivity contribution >= 4 is 5.78 Å². The molecule has 2 nitrogen and oxygen atoms in total. The van der Waals surface area contributed by atoms with Crippen LogP contribution in [0.1, 0.15) is 25.7 Å². The highest BCUT2D eigenvalue weighted by atomic mass is 16.1. The summed E-state index contributed by atoms with van der Waals surface area (Å²) in [7, 11) is 0. The molecular formula is C9H11NO. The molecule has 58 valence electrons. The maximum absolute atomic E-state index is 10.9. The molecule has 1 atom stereocenters. The number of Topliss-reactive ketones (excluding diaryl/α,β-unsaturated/α-hetero) is 1. The lowest BCUT2D eigenvalue weighted by atomic mass is 9.84. The van der Waals surface area contributed by atoms with Crippen LogP contribution in [0.2, 0.25) is 0 Å². The number of carbonyl (C=O) groups excluding carboxylic acids is 1. The molecule has 1 fully saturated rings. The fourth-order valence-electron chi connectivity index (χ4n) is 1.41. The zero-order valence-corrected chi connectivity index (χ0v) is 6.47. The van der Waals surface area contributed by atoms with Crippen molar-refractivity contribution < 1.29 is 4.79 Å². The molecular weight excluding hydrogens is 138 g/mol. The minimum Gasteiger partial charge on any atom is -0.300 e. The molecule has 0 aromatic rings. The van der Waals surface area contributed by atoms with Gasteiger partial charge < -0.3 is 0 Å². The molecule has 11 heavy (non-hydrogen) atoms. The molecule has 0 radical (unpaired) electrons. The van der Waals surface area contributed by atoms with Crippen molar-refractivity contribution in [1.29, 1.82) is 5.26 Å². The Labute approximate surface area is 66.5 Å². The number of carbonyl (C=O) groups is 1. The summed E-state index contributed by atoms with van der Waals surface area (Å²) in [6, 6.07) is 2.01. The highest BCUT2D eigenvalue weighted by Gasteiger charge is 2.21. The van der Waals surface area contributed by atoms with E-state index >= 15 is 0 Å². The average Bonchev–Trinajstić information content (AvgIpc) is 2.03. The lowest BCUT2D eigenvalue weighted by Crippen LogP contribution is -2.15. The summed E-state index contributed by atoms with van der Waals surface area (Å²) in [5.74, 6) is 0.416. The van der Waals surface area contributed by atoms with Gasteiger partial charge in [0.05, 0.1) is 6.07 Å². The SMILES string of the molecule is C=C(C#N)C1CCCC(=O)C1. The van der Waals surface area contributed by atoms with Crippen LogP contribution in [0.4, 0.5) is 0 Å². The van der Waals surface area contributed by atoms with Crippen LogP contribution in [0.3, 0.4) is 0 Å². The van der Waals surface area contributed by atoms with Crippen molar-refractivity contribution in [3.63, 3.8) is 0 Å². The van der Waals surface area contributed by atoms with Gasteiger partial charge in [-0.05, 0) is 12.8 Å². The molecule has 0 aromatic heterocycles. The first-order valence-corrected chi connectivity index (χ1v) is 3.84. The van der Waals surface area contributed by atoms with E-state index in [0.29, 0.717) is 18.4 Å². The zero-order valence-electron chi connectivity index (χ0n) is 6.47. The van der Waals surface area contributed by atoms with Gasteiger partial charge in [-0.1, -0.05) is 6.58 Å². The van der Waals surface area contributed by atoms with Crippen molar-refractivity contribution in [2.24, 2.45) is 5.92 Å². The second kappa shape index (κ2) is 3.34. The Balaban J connectivity index is 2.54. The third-order valence-corrected chi connectivity index (χ3v) is 2.12. The summed E-state index contributed by atoms with van der Waals surface area (Å²) in [6.45, 7) is 3.62. The second-order valence-corrected chi connectivity index (χ2v) is 2.97. The molecule has 1 unspecified atom stereocenters. The lowest BCUT2D eigenvalue weighted by Gasteiger charge is -2.18. The first-order chi connectivity index (χ1) is 5.24. The molecule has 0 N–H and O–H groups in total. The fraction of sp³-hybridized carbons (Fsp3) is 0.556. The molecule has 0 bridgehead atoms. The van der Waals surface area contributed by atoms with Gasteiger partial charge in [0.15, 0.2) is 0 Å². The van der Waals surface area contributed by atoms with Crippen LogP contribution < -0.4 is 0 Å². The van der Waals surface area contributed by atoms with Crippen molar-refractivity contribution in [2.75, 3.05) is 0 Å². The van der Waals surface area contributed by atoms with Crippen molar-refractivity contribution in [3.05, 3.63) is 12.2 Å². The Morgan fingerprint density at radius 1 is 1.73 bits per heavy atom. The van der Waals surface area contributed by atoms with E-state index in [-0.39, 0.29) is 11.7 Å². The largest absolute Gasteiger partial charge is 0.300 e. The molecule has 1 saturated carbocycles. The van der Waals surface area contributed by atoms with Gasteiger partial charge in [0, 0.05) is 24.3 Å². The van der Waals surface area contributed by atoms with E-state index in [9.17, 15) is 4.79 Å². The maximum Gasteiger partial charge on any atom is 0.133 e. The summed E-state index contributed by atoms with van der Waals surface area (Å²) in [6.07, 6.45) is 3.10. The predicted octanol–water partition coefficient (Wildman–Crippen LogP) is 1.83. The number of allylic oxidation sites excluding steroid dienone is 1. The Bertz CT molecular complexity index is 224. The van der Waals surface area contributed by atoms with Crippen LogP contribution in [0.5, 0.6) is 0 Å². The van der Waals surface area contributed by atoms with E-state index in [4.69, 9.17) is 5.26 Å². The maximum atomic E-state index is 10.9. The first-order valence-electron chi connectivity index (χ1n) is 3.84. The van der Waals surface area contributed by atoms with E-state index in [2.05, 4.69) is 6.58 Å². The van der Waals surface area contributed by atoms with Crippen LogP contribution in [-0.4, -0.2) is 5.78 Å². The van der Waals surface area contributed by atoms with E-state index < -0.39 is 0 Å². The third kappa shape index (κ3) is 1.91. The Kier molecular flexibility index (Phi) is 2.43. The Morgan fingerprint density at radius 3 is 3.00 bits per heavy atom. The van der Waals surface area contributed by atoms with Gasteiger partial charge in [-0.2, -0.15) is 5.26 Å². The van der Waals surface area contributed by atoms with Gasteiger partial charge in [-0.3, -0.25) is 4.79 Å². The van der Waals surface area contributed by atoms with Crippen LogP contribution in [0.25, 0.3) is 0 Å². The predicted molar refractivity (Wildman–Crippen MR) is 41.7 cm³/mol. The van der Waals surface area contributed by atoms with E-state index in [1.807, 2.05) is 6.07 Å². The van der Waals surface area contributed by atoms with Crippen LogP contribution in [0.15, 0.2) is 12.2 Å². The number of hydrogen-bond donors (Lipinski definition) is 0. The van der Waals surface area contributed by atoms with Gasteiger partial charge in [0.25, 0.3) is 0 Å². The standard InChI is InChI=1S/C9H11NO/c1-7(6-10)8-3-2-4-9(11)5-8/h8H,1-5H2. The first kappa shape index (κ1) is 8.00. The van der Waals surface area contributed by atoms with Crippen LogP contribution in [0, 0.1) is 17.2 Å². The summed E-state index contributed by atoms with van der Waals surface area (Å²) in [5, 5.41) is 8.51. The average molecular weight is 149 g/mol. The topological polar surface area (TPSA) is 40.9 Å².